The first kappa shape index (κ1) is 10.7. The van der Waals surface area contributed by atoms with Gasteiger partial charge < -0.3 is 10.2 Å². The number of hydrogen-bond donors (Lipinski definition) is 1. The lowest BCUT2D eigenvalue weighted by Crippen LogP contribution is -2.38. The number of rotatable bonds is 1. The Hall–Kier alpha value is -1.42. The molecule has 1 aliphatic rings. The molecule has 17 heavy (non-hydrogen) atoms. The maximum Gasteiger partial charge on any atom is 0.202 e. The van der Waals surface area contributed by atoms with Gasteiger partial charge in [-0.2, -0.15) is 0 Å². The fourth-order valence-electron chi connectivity index (χ4n) is 2.60. The van der Waals surface area contributed by atoms with Gasteiger partial charge in [0.25, 0.3) is 0 Å². The van der Waals surface area contributed by atoms with Crippen molar-refractivity contribution in [2.45, 2.75) is 37.6 Å². The number of hydrogen-bond acceptors (Lipinski definition) is 3. The molecule has 90 valence electrons. The highest BCUT2D eigenvalue weighted by Crippen LogP contribution is 2.40. The molecule has 4 heteroatoms. The van der Waals surface area contributed by atoms with Crippen LogP contribution in [0.5, 0.6) is 0 Å². The predicted molar refractivity (Wildman–Crippen MR) is 63.1 cm³/mol. The second-order valence-corrected chi connectivity index (χ2v) is 5.05. The van der Waals surface area contributed by atoms with Crippen molar-refractivity contribution < 1.29 is 8.81 Å². The molecule has 2 aromatic rings. The van der Waals surface area contributed by atoms with Crippen molar-refractivity contribution in [3.05, 3.63) is 29.9 Å². The molecule has 2 N–H and O–H groups in total. The molecule has 0 bridgehead atoms. The molecule has 0 saturated heterocycles. The van der Waals surface area contributed by atoms with E-state index in [1.54, 1.807) is 6.07 Å². The first-order valence-electron chi connectivity index (χ1n) is 5.92. The van der Waals surface area contributed by atoms with Crippen LogP contribution in [0.1, 0.15) is 32.1 Å². The highest BCUT2D eigenvalue weighted by Gasteiger charge is 2.42. The molecular formula is C13H15FN2O. The quantitative estimate of drug-likeness (QED) is 0.825. The summed E-state index contributed by atoms with van der Waals surface area (Å²) in [5, 5.41) is 0. The summed E-state index contributed by atoms with van der Waals surface area (Å²) in [6, 6.07) is 4.46. The molecule has 2 atom stereocenters. The highest BCUT2D eigenvalue weighted by molar-refractivity contribution is 5.72. The molecular weight excluding hydrogens is 219 g/mol. The normalized spacial score (nSPS) is 29.0. The minimum atomic E-state index is -0.293. The molecule has 3 rings (SSSR count). The molecule has 3 nitrogen and oxygen atoms in total. The Morgan fingerprint density at radius 2 is 2.35 bits per heavy atom. The lowest BCUT2D eigenvalue weighted by Gasteiger charge is -2.24. The molecule has 0 spiro atoms. The zero-order chi connectivity index (χ0) is 12.0. The van der Waals surface area contributed by atoms with Crippen LogP contribution in [0.4, 0.5) is 4.39 Å². The summed E-state index contributed by atoms with van der Waals surface area (Å²) in [6.07, 6.45) is 3.05. The second-order valence-electron chi connectivity index (χ2n) is 5.05. The van der Waals surface area contributed by atoms with Crippen LogP contribution in [0.2, 0.25) is 0 Å². The van der Waals surface area contributed by atoms with Crippen molar-refractivity contribution in [2.75, 3.05) is 0 Å². The van der Waals surface area contributed by atoms with Crippen LogP contribution in [-0.2, 0) is 5.41 Å². The number of fused-ring (bicyclic) bond motifs is 1. The summed E-state index contributed by atoms with van der Waals surface area (Å²) in [6.45, 7) is 2.08. The molecule has 1 saturated carbocycles. The summed E-state index contributed by atoms with van der Waals surface area (Å²) in [5.41, 5.74) is 7.11. The number of halogens is 1. The third-order valence-electron chi connectivity index (χ3n) is 3.87. The minimum absolute atomic E-state index is 0.0698. The monoisotopic (exact) mass is 234 g/mol. The van der Waals surface area contributed by atoms with Crippen LogP contribution in [0.3, 0.4) is 0 Å². The summed E-state index contributed by atoms with van der Waals surface area (Å²) in [5.74, 6) is 0.348. The van der Waals surface area contributed by atoms with E-state index < -0.39 is 0 Å². The Labute approximate surface area is 98.8 Å². The third kappa shape index (κ3) is 1.55. The van der Waals surface area contributed by atoms with E-state index in [0.29, 0.717) is 17.0 Å². The average molecular weight is 234 g/mol. The number of nitrogens with two attached hydrogens (primary N) is 1. The summed E-state index contributed by atoms with van der Waals surface area (Å²) in [7, 11) is 0. The van der Waals surface area contributed by atoms with E-state index in [0.717, 1.165) is 19.3 Å². The van der Waals surface area contributed by atoms with Crippen LogP contribution in [0.25, 0.3) is 11.1 Å². The maximum absolute atomic E-state index is 13.1. The van der Waals surface area contributed by atoms with Crippen molar-refractivity contribution in [3.63, 3.8) is 0 Å². The Kier molecular flexibility index (Phi) is 2.23. The van der Waals surface area contributed by atoms with Gasteiger partial charge >= 0.3 is 0 Å². The van der Waals surface area contributed by atoms with E-state index in [1.165, 1.54) is 12.1 Å². The summed E-state index contributed by atoms with van der Waals surface area (Å²) in [4.78, 5) is 4.39. The van der Waals surface area contributed by atoms with Crippen molar-refractivity contribution in [2.24, 2.45) is 5.73 Å². The number of benzene rings is 1. The van der Waals surface area contributed by atoms with Gasteiger partial charge in [0.2, 0.25) is 5.89 Å². The van der Waals surface area contributed by atoms with Crippen molar-refractivity contribution in [3.8, 4) is 0 Å². The van der Waals surface area contributed by atoms with Crippen molar-refractivity contribution >= 4 is 11.1 Å². The SMILES string of the molecule is CC1(c2nc3cc(F)ccc3o2)CCCC1N. The average Bonchev–Trinajstić information content (AvgIpc) is 2.84. The van der Waals surface area contributed by atoms with E-state index >= 15 is 0 Å². The lowest BCUT2D eigenvalue weighted by molar-refractivity contribution is 0.332. The van der Waals surface area contributed by atoms with Crippen LogP contribution >= 0.6 is 0 Å². The van der Waals surface area contributed by atoms with Crippen molar-refractivity contribution in [1.82, 2.24) is 4.98 Å². The van der Waals surface area contributed by atoms with Crippen molar-refractivity contribution in [1.29, 1.82) is 0 Å². The number of oxazole rings is 1. The fourth-order valence-corrected chi connectivity index (χ4v) is 2.60. The standard InChI is InChI=1S/C13H15FN2O/c1-13(6-2-3-11(13)15)12-16-9-7-8(14)4-5-10(9)17-12/h4-5,7,11H,2-3,6,15H2,1H3. The van der Waals surface area contributed by atoms with Gasteiger partial charge in [0.1, 0.15) is 11.3 Å². The molecule has 1 aliphatic carbocycles. The van der Waals surface area contributed by atoms with Crippen LogP contribution < -0.4 is 5.73 Å². The zero-order valence-electron chi connectivity index (χ0n) is 9.74. The Bertz CT molecular complexity index is 566. The molecule has 1 aromatic heterocycles. The summed E-state index contributed by atoms with van der Waals surface area (Å²) >= 11 is 0. The lowest BCUT2D eigenvalue weighted by atomic mass is 9.85. The summed E-state index contributed by atoms with van der Waals surface area (Å²) < 4.78 is 18.8. The third-order valence-corrected chi connectivity index (χ3v) is 3.87. The van der Waals surface area contributed by atoms with Gasteiger partial charge in [-0.1, -0.05) is 6.42 Å². The Morgan fingerprint density at radius 1 is 1.53 bits per heavy atom. The zero-order valence-corrected chi connectivity index (χ0v) is 9.74. The first-order chi connectivity index (χ1) is 8.09. The maximum atomic E-state index is 13.1. The molecule has 2 unspecified atom stereocenters. The molecule has 0 aliphatic heterocycles. The van der Waals surface area contributed by atoms with Crippen LogP contribution in [0.15, 0.2) is 22.6 Å². The largest absolute Gasteiger partial charge is 0.440 e. The topological polar surface area (TPSA) is 52.0 Å². The Morgan fingerprint density at radius 3 is 3.06 bits per heavy atom. The number of nitrogens with zero attached hydrogens (tertiary/aromatic N) is 1. The van der Waals surface area contributed by atoms with E-state index in [2.05, 4.69) is 11.9 Å². The highest BCUT2D eigenvalue weighted by atomic mass is 19.1. The predicted octanol–water partition coefficient (Wildman–Crippen LogP) is 2.74. The van der Waals surface area contributed by atoms with E-state index in [4.69, 9.17) is 10.2 Å². The smallest absolute Gasteiger partial charge is 0.202 e. The van der Waals surface area contributed by atoms with Gasteiger partial charge in [-0.15, -0.1) is 0 Å². The second kappa shape index (κ2) is 3.53. The molecule has 1 fully saturated rings. The molecule has 0 amide bonds. The molecule has 1 heterocycles. The molecule has 0 radical (unpaired) electrons. The van der Waals surface area contributed by atoms with Gasteiger partial charge in [0.15, 0.2) is 5.58 Å². The number of aromatic nitrogens is 1. The van der Waals surface area contributed by atoms with Gasteiger partial charge in [-0.25, -0.2) is 9.37 Å². The van der Waals surface area contributed by atoms with Gasteiger partial charge in [-0.3, -0.25) is 0 Å². The first-order valence-corrected chi connectivity index (χ1v) is 5.92. The van der Waals surface area contributed by atoms with E-state index in [1.807, 2.05) is 0 Å². The Balaban J connectivity index is 2.12. The van der Waals surface area contributed by atoms with E-state index in [-0.39, 0.29) is 17.3 Å². The van der Waals surface area contributed by atoms with Gasteiger partial charge in [0.05, 0.1) is 5.41 Å². The fraction of sp³-hybridized carbons (Fsp3) is 0.462. The van der Waals surface area contributed by atoms with Crippen LogP contribution in [-0.4, -0.2) is 11.0 Å². The van der Waals surface area contributed by atoms with Gasteiger partial charge in [0, 0.05) is 12.1 Å². The van der Waals surface area contributed by atoms with Gasteiger partial charge in [-0.05, 0) is 31.9 Å². The minimum Gasteiger partial charge on any atom is -0.440 e. The van der Waals surface area contributed by atoms with Crippen LogP contribution in [0, 0.1) is 5.82 Å². The van der Waals surface area contributed by atoms with E-state index in [9.17, 15) is 4.39 Å². The molecule has 1 aromatic carbocycles.